The van der Waals surface area contributed by atoms with Gasteiger partial charge in [-0.15, -0.1) is 0 Å². The topological polar surface area (TPSA) is 17.1 Å². The number of benzene rings is 2. The van der Waals surface area contributed by atoms with E-state index in [1.165, 1.54) is 58.5 Å². The standard InChI is InChI=1S/C25H32OP2/c1-27(2)21-15-13-17-9-5-7-11-19(17)23(21)25(26)24-20-12-8-6-10-18(20)14-16-22(24)28(3)4/h13-16H,5-12H2,1-4H3. The van der Waals surface area contributed by atoms with Crippen LogP contribution in [-0.2, 0) is 25.7 Å². The summed E-state index contributed by atoms with van der Waals surface area (Å²) in [6, 6.07) is 9.19. The summed E-state index contributed by atoms with van der Waals surface area (Å²) < 4.78 is 0. The first kappa shape index (κ1) is 20.3. The average molecular weight is 410 g/mol. The van der Waals surface area contributed by atoms with Gasteiger partial charge in [0.25, 0.3) is 0 Å². The molecule has 2 aromatic carbocycles. The number of hydrogen-bond donors (Lipinski definition) is 0. The molecule has 148 valence electrons. The van der Waals surface area contributed by atoms with Gasteiger partial charge in [0, 0.05) is 11.1 Å². The van der Waals surface area contributed by atoms with Crippen molar-refractivity contribution in [3.05, 3.63) is 57.6 Å². The van der Waals surface area contributed by atoms with Crippen molar-refractivity contribution in [3.63, 3.8) is 0 Å². The predicted molar refractivity (Wildman–Crippen MR) is 126 cm³/mol. The van der Waals surface area contributed by atoms with E-state index in [1.807, 2.05) is 0 Å². The summed E-state index contributed by atoms with van der Waals surface area (Å²) in [5.74, 6) is 0.342. The Morgan fingerprint density at radius 3 is 1.43 bits per heavy atom. The minimum Gasteiger partial charge on any atom is -0.289 e. The maximum absolute atomic E-state index is 14.3. The molecule has 0 unspecified atom stereocenters. The zero-order chi connectivity index (χ0) is 19.8. The maximum Gasteiger partial charge on any atom is 0.194 e. The van der Waals surface area contributed by atoms with Crippen LogP contribution in [0.3, 0.4) is 0 Å². The molecule has 0 N–H and O–H groups in total. The normalized spacial score (nSPS) is 16.2. The van der Waals surface area contributed by atoms with Crippen LogP contribution in [0.1, 0.15) is 63.9 Å². The second-order valence-electron chi connectivity index (χ2n) is 8.73. The Kier molecular flexibility index (Phi) is 6.06. The van der Waals surface area contributed by atoms with Crippen LogP contribution in [0.5, 0.6) is 0 Å². The molecule has 0 bridgehead atoms. The highest BCUT2D eigenvalue weighted by Gasteiger charge is 2.29. The van der Waals surface area contributed by atoms with Gasteiger partial charge in [-0.25, -0.2) is 0 Å². The van der Waals surface area contributed by atoms with Gasteiger partial charge in [-0.2, -0.15) is 0 Å². The second-order valence-corrected chi connectivity index (χ2v) is 13.3. The fraction of sp³-hybridized carbons (Fsp3) is 0.480. The lowest BCUT2D eigenvalue weighted by Gasteiger charge is -2.27. The molecule has 0 atom stereocenters. The molecule has 0 saturated carbocycles. The summed E-state index contributed by atoms with van der Waals surface area (Å²) in [7, 11) is -0.612. The third kappa shape index (κ3) is 3.62. The van der Waals surface area contributed by atoms with Crippen LogP contribution >= 0.6 is 15.8 Å². The molecule has 4 rings (SSSR count). The quantitative estimate of drug-likeness (QED) is 0.487. The van der Waals surface area contributed by atoms with Crippen molar-refractivity contribution < 1.29 is 4.79 Å². The van der Waals surface area contributed by atoms with Crippen LogP contribution in [0.2, 0.25) is 0 Å². The summed E-state index contributed by atoms with van der Waals surface area (Å²) in [4.78, 5) is 14.3. The van der Waals surface area contributed by atoms with E-state index in [2.05, 4.69) is 50.9 Å². The molecule has 0 aliphatic heterocycles. The van der Waals surface area contributed by atoms with Crippen molar-refractivity contribution in [1.82, 2.24) is 0 Å². The number of ketones is 1. The largest absolute Gasteiger partial charge is 0.289 e. The summed E-state index contributed by atoms with van der Waals surface area (Å²) in [5.41, 5.74) is 7.78. The van der Waals surface area contributed by atoms with Crippen molar-refractivity contribution in [2.75, 3.05) is 26.7 Å². The van der Waals surface area contributed by atoms with Crippen LogP contribution in [0, 0.1) is 0 Å². The summed E-state index contributed by atoms with van der Waals surface area (Å²) in [6.45, 7) is 9.18. The Hall–Kier alpha value is -1.03. The number of rotatable bonds is 4. The van der Waals surface area contributed by atoms with Crippen LogP contribution in [-0.4, -0.2) is 32.4 Å². The van der Waals surface area contributed by atoms with Gasteiger partial charge in [-0.3, -0.25) is 4.79 Å². The first-order valence-corrected chi connectivity index (χ1v) is 15.1. The van der Waals surface area contributed by atoms with Gasteiger partial charge in [0.1, 0.15) is 0 Å². The molecular formula is C25H32OP2. The molecule has 3 heteroatoms. The lowest BCUT2D eigenvalue weighted by Crippen LogP contribution is -2.27. The van der Waals surface area contributed by atoms with Crippen LogP contribution in [0.25, 0.3) is 0 Å². The van der Waals surface area contributed by atoms with Gasteiger partial charge < -0.3 is 0 Å². The molecule has 0 radical (unpaired) electrons. The van der Waals surface area contributed by atoms with Gasteiger partial charge in [-0.05, 0) is 111 Å². The molecule has 2 aliphatic rings. The fourth-order valence-electron chi connectivity index (χ4n) is 5.01. The first-order chi connectivity index (χ1) is 13.5. The Labute approximate surface area is 172 Å². The fourth-order valence-corrected chi connectivity index (χ4v) is 7.12. The second kappa shape index (κ2) is 8.38. The van der Waals surface area contributed by atoms with E-state index in [9.17, 15) is 4.79 Å². The van der Waals surface area contributed by atoms with E-state index in [4.69, 9.17) is 0 Å². The SMILES string of the molecule is CP(C)c1ccc2c(c1C(=O)c1c(P(C)C)ccc3c1CCCC3)CCCC2. The van der Waals surface area contributed by atoms with E-state index < -0.39 is 0 Å². The highest BCUT2D eigenvalue weighted by Crippen LogP contribution is 2.37. The summed E-state index contributed by atoms with van der Waals surface area (Å²) >= 11 is 0. The molecule has 0 saturated heterocycles. The molecule has 0 heterocycles. The highest BCUT2D eigenvalue weighted by molar-refractivity contribution is 7.64. The maximum atomic E-state index is 14.3. The number of hydrogen-bond acceptors (Lipinski definition) is 1. The van der Waals surface area contributed by atoms with Gasteiger partial charge in [-0.1, -0.05) is 40.1 Å². The Morgan fingerprint density at radius 2 is 1.04 bits per heavy atom. The Balaban J connectivity index is 1.96. The molecule has 1 nitrogen and oxygen atoms in total. The van der Waals surface area contributed by atoms with Gasteiger partial charge in [0.05, 0.1) is 0 Å². The molecule has 0 fully saturated rings. The predicted octanol–water partition coefficient (Wildman–Crippen LogP) is 5.41. The number of carbonyl (C=O) groups is 1. The smallest absolute Gasteiger partial charge is 0.194 e. The number of fused-ring (bicyclic) bond motifs is 2. The molecule has 0 aromatic heterocycles. The zero-order valence-electron chi connectivity index (χ0n) is 17.8. The Bertz CT molecular complexity index is 838. The minimum absolute atomic E-state index is 0.306. The highest BCUT2D eigenvalue weighted by atomic mass is 31.1. The minimum atomic E-state index is -0.306. The van der Waals surface area contributed by atoms with Crippen molar-refractivity contribution in [3.8, 4) is 0 Å². The first-order valence-electron chi connectivity index (χ1n) is 10.7. The third-order valence-electron chi connectivity index (χ3n) is 6.44. The summed E-state index contributed by atoms with van der Waals surface area (Å²) in [6.07, 6.45) is 9.37. The zero-order valence-corrected chi connectivity index (χ0v) is 19.6. The van der Waals surface area contributed by atoms with Crippen molar-refractivity contribution in [1.29, 1.82) is 0 Å². The van der Waals surface area contributed by atoms with Crippen molar-refractivity contribution in [2.45, 2.75) is 51.4 Å². The number of carbonyl (C=O) groups excluding carboxylic acids is 1. The average Bonchev–Trinajstić information content (AvgIpc) is 2.71. The van der Waals surface area contributed by atoms with Crippen LogP contribution in [0.15, 0.2) is 24.3 Å². The van der Waals surface area contributed by atoms with E-state index in [0.717, 1.165) is 36.8 Å². The number of aryl methyl sites for hydroxylation is 2. The van der Waals surface area contributed by atoms with E-state index in [1.54, 1.807) is 0 Å². The molecular weight excluding hydrogens is 378 g/mol. The van der Waals surface area contributed by atoms with E-state index in [-0.39, 0.29) is 15.8 Å². The van der Waals surface area contributed by atoms with E-state index >= 15 is 0 Å². The molecule has 0 amide bonds. The molecule has 2 aromatic rings. The van der Waals surface area contributed by atoms with Gasteiger partial charge >= 0.3 is 0 Å². The third-order valence-corrected chi connectivity index (χ3v) is 9.11. The lowest BCUT2D eigenvalue weighted by molar-refractivity contribution is 0.103. The monoisotopic (exact) mass is 410 g/mol. The van der Waals surface area contributed by atoms with E-state index in [0.29, 0.717) is 5.78 Å². The van der Waals surface area contributed by atoms with Crippen LogP contribution < -0.4 is 10.6 Å². The Morgan fingerprint density at radius 1 is 0.643 bits per heavy atom. The van der Waals surface area contributed by atoms with Crippen LogP contribution in [0.4, 0.5) is 0 Å². The van der Waals surface area contributed by atoms with Gasteiger partial charge in [0.2, 0.25) is 0 Å². The van der Waals surface area contributed by atoms with Crippen molar-refractivity contribution in [2.24, 2.45) is 0 Å². The summed E-state index contributed by atoms with van der Waals surface area (Å²) in [5, 5.41) is 2.63. The van der Waals surface area contributed by atoms with Crippen molar-refractivity contribution >= 4 is 32.2 Å². The van der Waals surface area contributed by atoms with Gasteiger partial charge in [0.15, 0.2) is 5.78 Å². The molecule has 28 heavy (non-hydrogen) atoms. The molecule has 2 aliphatic carbocycles. The molecule has 0 spiro atoms. The lowest BCUT2D eigenvalue weighted by atomic mass is 9.82.